The van der Waals surface area contributed by atoms with Crippen molar-refractivity contribution < 1.29 is 93.4 Å². The van der Waals surface area contributed by atoms with Crippen molar-refractivity contribution in [2.75, 3.05) is 13.2 Å². The summed E-state index contributed by atoms with van der Waals surface area (Å²) >= 11 is 0. The number of aliphatic hydroxyl groups excluding tert-OH is 2. The summed E-state index contributed by atoms with van der Waals surface area (Å²) in [5.41, 5.74) is -25.3. The lowest BCUT2D eigenvalue weighted by Gasteiger charge is -2.66. The highest BCUT2D eigenvalue weighted by Crippen LogP contribution is 2.58. The van der Waals surface area contributed by atoms with Crippen molar-refractivity contribution in [1.82, 2.24) is 0 Å². The standard InChI is InChI=1S/C28H38O19/c1-11(31)21(39)19(9-29)46-28(18(8)38,26(43,16(6)36)23(21,40)13(3)33)47-22(12(2)32)20(10-30)45-27(44,17(7)37)25(42,15(5)35)24(22,41)14(4)34/h19-20,29-30,39-44H,9-10H2,1-8H3/t19-,20-,21+,22-,23+,24+,25-,26-,27-,28+/m1/s1. The minimum absolute atomic E-state index is 0.358. The molecule has 0 radical (unpaired) electrons. The van der Waals surface area contributed by atoms with E-state index >= 15 is 0 Å². The number of carbonyl (C=O) groups excluding carboxylic acids is 8. The van der Waals surface area contributed by atoms with Gasteiger partial charge in [0.1, 0.15) is 12.2 Å². The van der Waals surface area contributed by atoms with E-state index in [0.717, 1.165) is 0 Å². The lowest BCUT2D eigenvalue weighted by atomic mass is 9.55. The van der Waals surface area contributed by atoms with Crippen LogP contribution in [-0.4, -0.2) is 158 Å². The number of Topliss-reactive ketones (excluding diaryl/α,β-unsaturated/α-hetero) is 8. The first kappa shape index (κ1) is 40.1. The van der Waals surface area contributed by atoms with Crippen molar-refractivity contribution in [3.05, 3.63) is 0 Å². The average molecular weight is 679 g/mol. The summed E-state index contributed by atoms with van der Waals surface area (Å²) in [5.74, 6) is -23.0. The normalized spacial score (nSPS) is 43.5. The molecule has 264 valence electrons. The van der Waals surface area contributed by atoms with E-state index in [1.807, 2.05) is 0 Å². The molecule has 0 aromatic rings. The molecule has 0 bridgehead atoms. The lowest BCUT2D eigenvalue weighted by molar-refractivity contribution is -0.455. The van der Waals surface area contributed by atoms with Gasteiger partial charge in [0.15, 0.2) is 57.5 Å². The van der Waals surface area contributed by atoms with Gasteiger partial charge < -0.3 is 55.1 Å². The number of ether oxygens (including phenoxy) is 3. The van der Waals surface area contributed by atoms with Crippen LogP contribution in [0.15, 0.2) is 0 Å². The molecule has 2 aliphatic rings. The Morgan fingerprint density at radius 2 is 0.894 bits per heavy atom. The van der Waals surface area contributed by atoms with Crippen molar-refractivity contribution >= 4 is 46.3 Å². The predicted molar refractivity (Wildman–Crippen MR) is 146 cm³/mol. The number of ketones is 8. The molecule has 2 rings (SSSR count). The number of rotatable bonds is 12. The second-order valence-corrected chi connectivity index (χ2v) is 11.7. The van der Waals surface area contributed by atoms with E-state index in [2.05, 4.69) is 0 Å². The summed E-state index contributed by atoms with van der Waals surface area (Å²) < 4.78 is 16.1. The molecule has 0 unspecified atom stereocenters. The number of hydrogen-bond acceptors (Lipinski definition) is 19. The lowest BCUT2D eigenvalue weighted by Crippen LogP contribution is -2.95. The molecule has 8 N–H and O–H groups in total. The molecule has 0 aromatic heterocycles. The Hall–Kier alpha value is -3.08. The average Bonchev–Trinajstić information content (AvgIpc) is 2.95. The highest BCUT2D eigenvalue weighted by Gasteiger charge is 2.90. The van der Waals surface area contributed by atoms with Gasteiger partial charge in [0.05, 0.1) is 13.2 Å². The van der Waals surface area contributed by atoms with Crippen molar-refractivity contribution in [2.24, 2.45) is 0 Å². The van der Waals surface area contributed by atoms with E-state index in [1.54, 1.807) is 0 Å². The number of carbonyl (C=O) groups is 8. The zero-order valence-corrected chi connectivity index (χ0v) is 26.6. The molecule has 0 saturated carbocycles. The molecule has 2 saturated heterocycles. The van der Waals surface area contributed by atoms with E-state index < -0.39 is 117 Å². The van der Waals surface area contributed by atoms with Crippen LogP contribution in [0.5, 0.6) is 0 Å². The second-order valence-electron chi connectivity index (χ2n) is 11.7. The van der Waals surface area contributed by atoms with Crippen LogP contribution in [0.1, 0.15) is 55.4 Å². The maximum atomic E-state index is 13.8. The predicted octanol–water partition coefficient (Wildman–Crippen LogP) is -5.72. The maximum Gasteiger partial charge on any atom is 0.271 e. The quantitative estimate of drug-likeness (QED) is 0.0953. The molecule has 0 spiro atoms. The zero-order chi connectivity index (χ0) is 37.3. The van der Waals surface area contributed by atoms with Crippen molar-refractivity contribution in [2.45, 2.75) is 113 Å². The van der Waals surface area contributed by atoms with Crippen LogP contribution < -0.4 is 0 Å². The largest absolute Gasteiger partial charge is 0.394 e. The molecule has 0 aromatic carbocycles. The summed E-state index contributed by atoms with van der Waals surface area (Å²) in [6.07, 6.45) is -5.63. The topological polar surface area (TPSA) is 326 Å². The van der Waals surface area contributed by atoms with Gasteiger partial charge in [0.25, 0.3) is 11.6 Å². The van der Waals surface area contributed by atoms with Crippen molar-refractivity contribution in [1.29, 1.82) is 0 Å². The van der Waals surface area contributed by atoms with Gasteiger partial charge in [0, 0.05) is 13.8 Å². The molecular formula is C28H38O19. The Morgan fingerprint density at radius 1 is 0.489 bits per heavy atom. The maximum absolute atomic E-state index is 13.8. The Labute approximate surface area is 266 Å². The number of aliphatic hydroxyl groups is 8. The van der Waals surface area contributed by atoms with Gasteiger partial charge in [0.2, 0.25) is 22.4 Å². The first-order chi connectivity index (χ1) is 21.1. The Balaban J connectivity index is 3.44. The molecule has 19 nitrogen and oxygen atoms in total. The minimum Gasteiger partial charge on any atom is -0.394 e. The molecule has 2 fully saturated rings. The van der Waals surface area contributed by atoms with E-state index in [9.17, 15) is 79.2 Å². The van der Waals surface area contributed by atoms with Crippen LogP contribution >= 0.6 is 0 Å². The van der Waals surface area contributed by atoms with Crippen LogP contribution in [0, 0.1) is 0 Å². The van der Waals surface area contributed by atoms with Crippen molar-refractivity contribution in [3.8, 4) is 0 Å². The summed E-state index contributed by atoms with van der Waals surface area (Å²) in [4.78, 5) is 106. The van der Waals surface area contributed by atoms with Gasteiger partial charge in [-0.3, -0.25) is 38.4 Å². The molecule has 10 atom stereocenters. The van der Waals surface area contributed by atoms with Gasteiger partial charge in [-0.25, -0.2) is 0 Å². The zero-order valence-electron chi connectivity index (χ0n) is 26.6. The fraction of sp³-hybridized carbons (Fsp3) is 0.714. The second kappa shape index (κ2) is 11.8. The minimum atomic E-state index is -4.44. The first-order valence-electron chi connectivity index (χ1n) is 13.8. The third-order valence-electron chi connectivity index (χ3n) is 9.32. The first-order valence-corrected chi connectivity index (χ1v) is 13.8. The van der Waals surface area contributed by atoms with Crippen molar-refractivity contribution in [3.63, 3.8) is 0 Å². The fourth-order valence-electron chi connectivity index (χ4n) is 6.84. The molecule has 2 aliphatic heterocycles. The van der Waals surface area contributed by atoms with E-state index in [-0.39, 0.29) is 0 Å². The Kier molecular flexibility index (Phi) is 10.1. The summed E-state index contributed by atoms with van der Waals surface area (Å²) in [5, 5.41) is 91.3. The van der Waals surface area contributed by atoms with Crippen LogP contribution in [0.25, 0.3) is 0 Å². The third kappa shape index (κ3) is 4.19. The van der Waals surface area contributed by atoms with E-state index in [1.165, 1.54) is 0 Å². The van der Waals surface area contributed by atoms with Crippen LogP contribution in [-0.2, 0) is 52.6 Å². The monoisotopic (exact) mass is 678 g/mol. The summed E-state index contributed by atoms with van der Waals surface area (Å²) in [6.45, 7) is -0.0583. The van der Waals surface area contributed by atoms with Crippen LogP contribution in [0.4, 0.5) is 0 Å². The highest BCUT2D eigenvalue weighted by molar-refractivity contribution is 6.11. The van der Waals surface area contributed by atoms with Gasteiger partial charge in [-0.05, 0) is 41.5 Å². The summed E-state index contributed by atoms with van der Waals surface area (Å²) in [6, 6.07) is 0. The fourth-order valence-corrected chi connectivity index (χ4v) is 6.84. The molecule has 2 heterocycles. The van der Waals surface area contributed by atoms with Gasteiger partial charge in [-0.1, -0.05) is 0 Å². The Morgan fingerprint density at radius 3 is 1.17 bits per heavy atom. The highest BCUT2D eigenvalue weighted by atomic mass is 16.8. The Bertz CT molecular complexity index is 1460. The molecule has 0 aliphatic carbocycles. The van der Waals surface area contributed by atoms with Crippen LogP contribution in [0.2, 0.25) is 0 Å². The molecule has 0 amide bonds. The van der Waals surface area contributed by atoms with Gasteiger partial charge in [-0.2, -0.15) is 0 Å². The number of hydrogen-bond donors (Lipinski definition) is 8. The molecule has 47 heavy (non-hydrogen) atoms. The third-order valence-corrected chi connectivity index (χ3v) is 9.32. The molecule has 19 heteroatoms. The van der Waals surface area contributed by atoms with Crippen LogP contribution in [0.3, 0.4) is 0 Å². The van der Waals surface area contributed by atoms with Gasteiger partial charge in [-0.15, -0.1) is 0 Å². The smallest absolute Gasteiger partial charge is 0.271 e. The summed E-state index contributed by atoms with van der Waals surface area (Å²) in [7, 11) is 0. The SMILES string of the molecule is CC(=O)[C@@]1(O[C@]2(C(C)=O)[C@@H](CO)O[C@](O)(C(C)=O)[C@@](O)(C(C)=O)[C@]2(O)C(C)=O)O[C@H](CO)[C@@](O)(C(C)=O)[C@@](O)(C(C)=O)[C@]1(O)C(C)=O. The van der Waals surface area contributed by atoms with Gasteiger partial charge >= 0.3 is 0 Å². The molecular weight excluding hydrogens is 640 g/mol. The van der Waals surface area contributed by atoms with E-state index in [0.29, 0.717) is 55.4 Å². The van der Waals surface area contributed by atoms with E-state index in [4.69, 9.17) is 14.2 Å².